The van der Waals surface area contributed by atoms with Gasteiger partial charge >= 0.3 is 0 Å². The van der Waals surface area contributed by atoms with E-state index in [0.29, 0.717) is 18.0 Å². The molecule has 3 aromatic rings. The Labute approximate surface area is 183 Å². The number of benzene rings is 2. The number of nitrogens with one attached hydrogen (secondary N) is 2. The number of anilines is 1. The molecular formula is C23H22BrN3O3. The van der Waals surface area contributed by atoms with Gasteiger partial charge in [0.25, 0.3) is 0 Å². The van der Waals surface area contributed by atoms with Gasteiger partial charge in [-0.3, -0.25) is 14.6 Å². The molecule has 0 saturated heterocycles. The minimum Gasteiger partial charge on any atom is -0.487 e. The van der Waals surface area contributed by atoms with Crippen LogP contribution in [0, 0.1) is 0 Å². The van der Waals surface area contributed by atoms with Crippen LogP contribution in [0.3, 0.4) is 0 Å². The van der Waals surface area contributed by atoms with Crippen LogP contribution in [-0.2, 0) is 16.2 Å². The van der Waals surface area contributed by atoms with Gasteiger partial charge in [-0.1, -0.05) is 40.2 Å². The van der Waals surface area contributed by atoms with Gasteiger partial charge in [0.15, 0.2) is 0 Å². The summed E-state index contributed by atoms with van der Waals surface area (Å²) in [5, 5.41) is 5.71. The predicted octanol–water partition coefficient (Wildman–Crippen LogP) is 4.63. The Morgan fingerprint density at radius 1 is 1.07 bits per heavy atom. The molecule has 1 aromatic heterocycles. The molecule has 2 N–H and O–H groups in total. The molecule has 0 saturated carbocycles. The molecule has 2 aromatic carbocycles. The summed E-state index contributed by atoms with van der Waals surface area (Å²) in [6.45, 7) is 1.78. The minimum absolute atomic E-state index is 0.111. The molecule has 6 nitrogen and oxygen atoms in total. The van der Waals surface area contributed by atoms with Crippen molar-refractivity contribution in [1.82, 2.24) is 10.3 Å². The van der Waals surface area contributed by atoms with Crippen molar-refractivity contribution in [1.29, 1.82) is 0 Å². The Morgan fingerprint density at radius 3 is 2.57 bits per heavy atom. The minimum atomic E-state index is -0.417. The smallest absolute Gasteiger partial charge is 0.226 e. The fourth-order valence-electron chi connectivity index (χ4n) is 2.89. The number of hydrogen-bond donors (Lipinski definition) is 2. The summed E-state index contributed by atoms with van der Waals surface area (Å²) in [5.74, 6) is 0.226. The number of hydrogen-bond acceptors (Lipinski definition) is 4. The Bertz CT molecular complexity index is 994. The second-order valence-electron chi connectivity index (χ2n) is 6.69. The second-order valence-corrected chi connectivity index (χ2v) is 7.61. The number of halogens is 1. The zero-order chi connectivity index (χ0) is 21.3. The van der Waals surface area contributed by atoms with Crippen molar-refractivity contribution in [2.45, 2.75) is 26.0 Å². The van der Waals surface area contributed by atoms with Crippen LogP contribution in [0.5, 0.6) is 5.75 Å². The van der Waals surface area contributed by atoms with Crippen LogP contribution < -0.4 is 15.4 Å². The molecule has 0 bridgehead atoms. The lowest BCUT2D eigenvalue weighted by Crippen LogP contribution is -2.29. The maximum absolute atomic E-state index is 12.6. The quantitative estimate of drug-likeness (QED) is 0.505. The van der Waals surface area contributed by atoms with Crippen LogP contribution >= 0.6 is 15.9 Å². The summed E-state index contributed by atoms with van der Waals surface area (Å²) in [6.07, 6.45) is 1.83. The molecule has 3 rings (SSSR count). The topological polar surface area (TPSA) is 80.3 Å². The standard InChI is InChI=1S/C23H22BrN3O3/c1-16(28)26-22(17-8-10-18(24)11-9-17)14-23(29)27-19-6-4-7-21(13-19)30-15-20-5-2-3-12-25-20/h2-13,22H,14-15H2,1H3,(H,26,28)(H,27,29). The van der Waals surface area contributed by atoms with E-state index < -0.39 is 6.04 Å². The van der Waals surface area contributed by atoms with Gasteiger partial charge in [-0.2, -0.15) is 0 Å². The highest BCUT2D eigenvalue weighted by Gasteiger charge is 2.17. The maximum atomic E-state index is 12.6. The number of carbonyl (C=O) groups is 2. The van der Waals surface area contributed by atoms with Crippen molar-refractivity contribution < 1.29 is 14.3 Å². The van der Waals surface area contributed by atoms with E-state index in [4.69, 9.17) is 4.74 Å². The SMILES string of the molecule is CC(=O)NC(CC(=O)Nc1cccc(OCc2ccccn2)c1)c1ccc(Br)cc1. The molecule has 0 aliphatic carbocycles. The normalized spacial score (nSPS) is 11.4. The fourth-order valence-corrected chi connectivity index (χ4v) is 3.16. The molecule has 0 aliphatic rings. The molecule has 0 fully saturated rings. The number of ether oxygens (including phenoxy) is 1. The number of amides is 2. The third-order valence-electron chi connectivity index (χ3n) is 4.27. The van der Waals surface area contributed by atoms with Gasteiger partial charge in [0, 0.05) is 29.3 Å². The van der Waals surface area contributed by atoms with Crippen molar-refractivity contribution in [3.8, 4) is 5.75 Å². The highest BCUT2D eigenvalue weighted by molar-refractivity contribution is 9.10. The van der Waals surface area contributed by atoms with Crippen LogP contribution in [-0.4, -0.2) is 16.8 Å². The van der Waals surface area contributed by atoms with Gasteiger partial charge in [0.2, 0.25) is 11.8 Å². The Kier molecular flexibility index (Phi) is 7.57. The number of pyridine rings is 1. The van der Waals surface area contributed by atoms with E-state index in [1.54, 1.807) is 18.3 Å². The van der Waals surface area contributed by atoms with E-state index >= 15 is 0 Å². The fraction of sp³-hybridized carbons (Fsp3) is 0.174. The third kappa shape index (κ3) is 6.70. The van der Waals surface area contributed by atoms with Crippen LogP contribution in [0.4, 0.5) is 5.69 Å². The van der Waals surface area contributed by atoms with Gasteiger partial charge in [-0.05, 0) is 42.0 Å². The first kappa shape index (κ1) is 21.5. The summed E-state index contributed by atoms with van der Waals surface area (Å²) >= 11 is 3.39. The van der Waals surface area contributed by atoms with Crippen molar-refractivity contribution in [3.63, 3.8) is 0 Å². The molecule has 30 heavy (non-hydrogen) atoms. The van der Waals surface area contributed by atoms with Crippen molar-refractivity contribution in [2.24, 2.45) is 0 Å². The summed E-state index contributed by atoms with van der Waals surface area (Å²) in [5.41, 5.74) is 2.30. The first-order valence-corrected chi connectivity index (χ1v) is 10.2. The second kappa shape index (κ2) is 10.5. The largest absolute Gasteiger partial charge is 0.487 e. The van der Waals surface area contributed by atoms with Gasteiger partial charge in [0.1, 0.15) is 12.4 Å². The Hall–Kier alpha value is -3.19. The number of carbonyl (C=O) groups excluding carboxylic acids is 2. The van der Waals surface area contributed by atoms with Crippen molar-refractivity contribution in [3.05, 3.63) is 88.7 Å². The van der Waals surface area contributed by atoms with Gasteiger partial charge < -0.3 is 15.4 Å². The van der Waals surface area contributed by atoms with Gasteiger partial charge in [-0.15, -0.1) is 0 Å². The van der Waals surface area contributed by atoms with Crippen LogP contribution in [0.25, 0.3) is 0 Å². The van der Waals surface area contributed by atoms with Crippen LogP contribution in [0.2, 0.25) is 0 Å². The molecular weight excluding hydrogens is 446 g/mol. The van der Waals surface area contributed by atoms with Crippen LogP contribution in [0.15, 0.2) is 77.4 Å². The van der Waals surface area contributed by atoms with Crippen LogP contribution in [0.1, 0.15) is 30.6 Å². The first-order chi connectivity index (χ1) is 14.5. The molecule has 2 amide bonds. The average molecular weight is 468 g/mol. The summed E-state index contributed by atoms with van der Waals surface area (Å²) in [6, 6.07) is 19.9. The first-order valence-electron chi connectivity index (χ1n) is 9.45. The monoisotopic (exact) mass is 467 g/mol. The average Bonchev–Trinajstić information content (AvgIpc) is 2.73. The molecule has 1 atom stereocenters. The maximum Gasteiger partial charge on any atom is 0.226 e. The van der Waals surface area contributed by atoms with E-state index in [-0.39, 0.29) is 18.2 Å². The highest BCUT2D eigenvalue weighted by atomic mass is 79.9. The van der Waals surface area contributed by atoms with E-state index in [1.807, 2.05) is 54.6 Å². The predicted molar refractivity (Wildman–Crippen MR) is 119 cm³/mol. The van der Waals surface area contributed by atoms with E-state index in [0.717, 1.165) is 15.7 Å². The van der Waals surface area contributed by atoms with Crippen molar-refractivity contribution >= 4 is 33.4 Å². The molecule has 154 valence electrons. The number of aromatic nitrogens is 1. The summed E-state index contributed by atoms with van der Waals surface area (Å²) in [7, 11) is 0. The lowest BCUT2D eigenvalue weighted by molar-refractivity contribution is -0.120. The van der Waals surface area contributed by atoms with Crippen molar-refractivity contribution in [2.75, 3.05) is 5.32 Å². The number of nitrogens with zero attached hydrogens (tertiary/aromatic N) is 1. The van der Waals surface area contributed by atoms with Gasteiger partial charge in [0.05, 0.1) is 18.2 Å². The molecule has 1 heterocycles. The molecule has 0 radical (unpaired) electrons. The third-order valence-corrected chi connectivity index (χ3v) is 4.80. The molecule has 0 aliphatic heterocycles. The summed E-state index contributed by atoms with van der Waals surface area (Å²) < 4.78 is 6.68. The Morgan fingerprint density at radius 2 is 1.87 bits per heavy atom. The van der Waals surface area contributed by atoms with Gasteiger partial charge in [-0.25, -0.2) is 0 Å². The molecule has 0 spiro atoms. The molecule has 1 unspecified atom stereocenters. The van der Waals surface area contributed by atoms with E-state index in [2.05, 4.69) is 31.5 Å². The van der Waals surface area contributed by atoms with E-state index in [1.165, 1.54) is 6.92 Å². The Balaban J connectivity index is 1.62. The van der Waals surface area contributed by atoms with E-state index in [9.17, 15) is 9.59 Å². The lowest BCUT2D eigenvalue weighted by Gasteiger charge is -2.18. The lowest BCUT2D eigenvalue weighted by atomic mass is 10.0. The zero-order valence-corrected chi connectivity index (χ0v) is 18.1. The highest BCUT2D eigenvalue weighted by Crippen LogP contribution is 2.22. The molecule has 7 heteroatoms. The zero-order valence-electron chi connectivity index (χ0n) is 16.5. The summed E-state index contributed by atoms with van der Waals surface area (Å²) in [4.78, 5) is 28.4. The number of rotatable bonds is 8.